The van der Waals surface area contributed by atoms with Crippen molar-refractivity contribution in [1.29, 1.82) is 0 Å². The second kappa shape index (κ2) is 3.73. The molecule has 0 fully saturated rings. The molecule has 0 atom stereocenters. The van der Waals surface area contributed by atoms with E-state index < -0.39 is 4.92 Å². The van der Waals surface area contributed by atoms with Crippen molar-refractivity contribution in [2.45, 2.75) is 6.92 Å². The number of nitrogens with one attached hydrogen (secondary N) is 1. The molecule has 1 aromatic carbocycles. The molecule has 0 heterocycles. The molecule has 0 spiro atoms. The number of amides is 1. The number of rotatable bonds is 2. The van der Waals surface area contributed by atoms with Crippen LogP contribution in [0.5, 0.6) is 0 Å². The van der Waals surface area contributed by atoms with Crippen molar-refractivity contribution in [2.75, 3.05) is 11.1 Å². The van der Waals surface area contributed by atoms with E-state index in [9.17, 15) is 14.9 Å². The van der Waals surface area contributed by atoms with Crippen molar-refractivity contribution >= 4 is 23.0 Å². The Morgan fingerprint density at radius 2 is 2.21 bits per heavy atom. The van der Waals surface area contributed by atoms with Gasteiger partial charge in [-0.3, -0.25) is 14.9 Å². The van der Waals surface area contributed by atoms with E-state index >= 15 is 0 Å². The quantitative estimate of drug-likeness (QED) is 0.420. The molecule has 6 nitrogen and oxygen atoms in total. The zero-order chi connectivity index (χ0) is 10.7. The summed E-state index contributed by atoms with van der Waals surface area (Å²) in [6.45, 7) is 1.34. The van der Waals surface area contributed by atoms with Crippen LogP contribution >= 0.6 is 0 Å². The van der Waals surface area contributed by atoms with Crippen LogP contribution in [0.4, 0.5) is 17.1 Å². The van der Waals surface area contributed by atoms with Crippen LogP contribution in [0.15, 0.2) is 18.2 Å². The van der Waals surface area contributed by atoms with Crippen molar-refractivity contribution in [1.82, 2.24) is 0 Å². The molecule has 0 aliphatic carbocycles. The summed E-state index contributed by atoms with van der Waals surface area (Å²) in [4.78, 5) is 20.5. The van der Waals surface area contributed by atoms with E-state index in [1.54, 1.807) is 0 Å². The van der Waals surface area contributed by atoms with Gasteiger partial charge >= 0.3 is 0 Å². The number of anilines is 2. The number of hydrogen-bond acceptors (Lipinski definition) is 4. The van der Waals surface area contributed by atoms with Gasteiger partial charge in [0, 0.05) is 18.7 Å². The van der Waals surface area contributed by atoms with Crippen LogP contribution in [0, 0.1) is 10.1 Å². The summed E-state index contributed by atoms with van der Waals surface area (Å²) < 4.78 is 0. The fourth-order valence-electron chi connectivity index (χ4n) is 1.00. The Morgan fingerprint density at radius 1 is 1.57 bits per heavy atom. The van der Waals surface area contributed by atoms with Gasteiger partial charge in [0.1, 0.15) is 5.69 Å². The largest absolute Gasteiger partial charge is 0.393 e. The minimum atomic E-state index is -0.577. The van der Waals surface area contributed by atoms with Gasteiger partial charge in [-0.2, -0.15) is 0 Å². The predicted octanol–water partition coefficient (Wildman–Crippen LogP) is 1.14. The first-order valence-electron chi connectivity index (χ1n) is 3.82. The molecule has 0 aliphatic heterocycles. The highest BCUT2D eigenvalue weighted by atomic mass is 16.6. The number of nitrogen functional groups attached to an aromatic ring is 1. The average molecular weight is 195 g/mol. The zero-order valence-electron chi connectivity index (χ0n) is 7.48. The van der Waals surface area contributed by atoms with E-state index in [1.165, 1.54) is 25.1 Å². The second-order valence-corrected chi connectivity index (χ2v) is 2.71. The molecule has 0 aliphatic rings. The zero-order valence-corrected chi connectivity index (χ0v) is 7.48. The second-order valence-electron chi connectivity index (χ2n) is 2.71. The highest BCUT2D eigenvalue weighted by Crippen LogP contribution is 2.24. The molecule has 74 valence electrons. The first kappa shape index (κ1) is 9.97. The van der Waals surface area contributed by atoms with Crippen LogP contribution in [0.25, 0.3) is 0 Å². The number of nitrogens with zero attached hydrogens (tertiary/aromatic N) is 1. The molecular weight excluding hydrogens is 186 g/mol. The molecular formula is C8H9N3O3. The molecule has 1 amide bonds. The molecule has 0 saturated heterocycles. The summed E-state index contributed by atoms with van der Waals surface area (Å²) >= 11 is 0. The third-order valence-electron chi connectivity index (χ3n) is 1.54. The Morgan fingerprint density at radius 3 is 2.64 bits per heavy atom. The molecule has 0 bridgehead atoms. The normalized spacial score (nSPS) is 9.50. The van der Waals surface area contributed by atoms with Crippen LogP contribution in [-0.2, 0) is 4.79 Å². The third kappa shape index (κ3) is 2.19. The average Bonchev–Trinajstić information content (AvgIpc) is 2.01. The maximum absolute atomic E-state index is 10.7. The lowest BCUT2D eigenvalue weighted by Gasteiger charge is -2.02. The Balaban J connectivity index is 3.00. The molecule has 0 saturated carbocycles. The topological polar surface area (TPSA) is 98.3 Å². The lowest BCUT2D eigenvalue weighted by Crippen LogP contribution is -2.06. The molecule has 14 heavy (non-hydrogen) atoms. The Bertz CT molecular complexity index is 389. The lowest BCUT2D eigenvalue weighted by atomic mass is 10.2. The van der Waals surface area contributed by atoms with Crippen molar-refractivity contribution in [2.24, 2.45) is 0 Å². The fraction of sp³-hybridized carbons (Fsp3) is 0.125. The molecule has 0 radical (unpaired) electrons. The van der Waals surface area contributed by atoms with Crippen LogP contribution in [0.2, 0.25) is 0 Å². The summed E-state index contributed by atoms with van der Waals surface area (Å²) in [6.07, 6.45) is 0. The fourth-order valence-corrected chi connectivity index (χ4v) is 1.00. The first-order valence-corrected chi connectivity index (χ1v) is 3.82. The highest BCUT2D eigenvalue weighted by Gasteiger charge is 2.10. The maximum atomic E-state index is 10.7. The maximum Gasteiger partial charge on any atom is 0.292 e. The number of nitrogens with two attached hydrogens (primary N) is 1. The highest BCUT2D eigenvalue weighted by molar-refractivity contribution is 5.89. The standard InChI is InChI=1S/C8H9N3O3/c1-5(12)10-6-2-3-8(11(13)14)7(9)4-6/h2-4H,9H2,1H3,(H,10,12). The molecule has 1 aromatic rings. The smallest absolute Gasteiger partial charge is 0.292 e. The van der Waals surface area contributed by atoms with Crippen LogP contribution < -0.4 is 11.1 Å². The number of nitro groups is 1. The third-order valence-corrected chi connectivity index (χ3v) is 1.54. The van der Waals surface area contributed by atoms with Gasteiger partial charge in [0.05, 0.1) is 4.92 Å². The molecule has 3 N–H and O–H groups in total. The SMILES string of the molecule is CC(=O)Nc1ccc([N+](=O)[O-])c(N)c1. The van der Waals surface area contributed by atoms with Gasteiger partial charge in [0.15, 0.2) is 0 Å². The summed E-state index contributed by atoms with van der Waals surface area (Å²) in [7, 11) is 0. The number of carbonyl (C=O) groups is 1. The Hall–Kier alpha value is -2.11. The number of hydrogen-bond donors (Lipinski definition) is 2. The first-order chi connectivity index (χ1) is 6.50. The van der Waals surface area contributed by atoms with Gasteiger partial charge in [-0.25, -0.2) is 0 Å². The van der Waals surface area contributed by atoms with Crippen LogP contribution in [0.1, 0.15) is 6.92 Å². The van der Waals surface area contributed by atoms with Gasteiger partial charge in [-0.15, -0.1) is 0 Å². The predicted molar refractivity (Wildman–Crippen MR) is 51.8 cm³/mol. The monoisotopic (exact) mass is 195 g/mol. The van der Waals surface area contributed by atoms with E-state index in [0.717, 1.165) is 0 Å². The van der Waals surface area contributed by atoms with Gasteiger partial charge < -0.3 is 11.1 Å². The molecule has 1 rings (SSSR count). The summed E-state index contributed by atoms with van der Waals surface area (Å²) in [5, 5.41) is 12.9. The van der Waals surface area contributed by atoms with Gasteiger partial charge in [-0.1, -0.05) is 0 Å². The van der Waals surface area contributed by atoms with E-state index in [2.05, 4.69) is 5.32 Å². The van der Waals surface area contributed by atoms with Crippen molar-refractivity contribution in [3.05, 3.63) is 28.3 Å². The van der Waals surface area contributed by atoms with E-state index in [-0.39, 0.29) is 17.3 Å². The summed E-state index contributed by atoms with van der Waals surface area (Å²) in [5.74, 6) is -0.252. The lowest BCUT2D eigenvalue weighted by molar-refractivity contribution is -0.383. The van der Waals surface area contributed by atoms with Crippen molar-refractivity contribution in [3.8, 4) is 0 Å². The molecule has 0 aromatic heterocycles. The molecule has 0 unspecified atom stereocenters. The Kier molecular flexibility index (Phi) is 2.66. The minimum Gasteiger partial charge on any atom is -0.393 e. The van der Waals surface area contributed by atoms with E-state index in [0.29, 0.717) is 5.69 Å². The molecule has 6 heteroatoms. The van der Waals surface area contributed by atoms with E-state index in [1.807, 2.05) is 0 Å². The number of benzene rings is 1. The number of nitro benzene ring substituents is 1. The van der Waals surface area contributed by atoms with Crippen molar-refractivity contribution < 1.29 is 9.72 Å². The van der Waals surface area contributed by atoms with Gasteiger partial charge in [-0.05, 0) is 12.1 Å². The van der Waals surface area contributed by atoms with Crippen LogP contribution in [-0.4, -0.2) is 10.8 Å². The van der Waals surface area contributed by atoms with E-state index in [4.69, 9.17) is 5.73 Å². The van der Waals surface area contributed by atoms with Gasteiger partial charge in [0.25, 0.3) is 5.69 Å². The van der Waals surface area contributed by atoms with Crippen molar-refractivity contribution in [3.63, 3.8) is 0 Å². The minimum absolute atomic E-state index is 0.0289. The Labute approximate surface area is 79.9 Å². The summed E-state index contributed by atoms with van der Waals surface area (Å²) in [6, 6.07) is 4.02. The summed E-state index contributed by atoms with van der Waals surface area (Å²) in [5.41, 5.74) is 5.71. The van der Waals surface area contributed by atoms with Crippen LogP contribution in [0.3, 0.4) is 0 Å². The van der Waals surface area contributed by atoms with Gasteiger partial charge in [0.2, 0.25) is 5.91 Å². The number of carbonyl (C=O) groups excluding carboxylic acids is 1.